The molecule has 1 heterocycles. The van der Waals surface area contributed by atoms with Crippen molar-refractivity contribution in [3.63, 3.8) is 0 Å². The first-order chi connectivity index (χ1) is 9.61. The first-order valence-electron chi connectivity index (χ1n) is 7.21. The summed E-state index contributed by atoms with van der Waals surface area (Å²) >= 11 is 1.87. The standard InChI is InChI=1S/C17H20FNS/c1-11(9-15-6-3-12(2)20-15)19-17-8-4-13-10-14(18)5-7-16(13)17/h3,5-7,10-11,17,19H,4,8-9H2,1-2H3. The molecule has 2 aromatic rings. The van der Waals surface area contributed by atoms with E-state index in [4.69, 9.17) is 0 Å². The maximum Gasteiger partial charge on any atom is 0.123 e. The number of hydrogen-bond acceptors (Lipinski definition) is 2. The number of benzene rings is 1. The van der Waals surface area contributed by atoms with Gasteiger partial charge < -0.3 is 5.32 Å². The topological polar surface area (TPSA) is 12.0 Å². The van der Waals surface area contributed by atoms with Gasteiger partial charge in [-0.15, -0.1) is 11.3 Å². The van der Waals surface area contributed by atoms with Gasteiger partial charge in [-0.2, -0.15) is 0 Å². The van der Waals surface area contributed by atoms with Crippen LogP contribution in [-0.2, 0) is 12.8 Å². The van der Waals surface area contributed by atoms with Crippen LogP contribution in [0.2, 0.25) is 0 Å². The summed E-state index contributed by atoms with van der Waals surface area (Å²) in [5.41, 5.74) is 2.45. The summed E-state index contributed by atoms with van der Waals surface area (Å²) in [6.45, 7) is 4.38. The molecule has 1 nitrogen and oxygen atoms in total. The summed E-state index contributed by atoms with van der Waals surface area (Å²) in [5, 5.41) is 3.70. The maximum absolute atomic E-state index is 13.2. The second-order valence-electron chi connectivity index (χ2n) is 5.72. The molecule has 2 atom stereocenters. The fourth-order valence-electron chi connectivity index (χ4n) is 3.06. The third kappa shape index (κ3) is 2.94. The van der Waals surface area contributed by atoms with E-state index < -0.39 is 0 Å². The van der Waals surface area contributed by atoms with Gasteiger partial charge in [0.05, 0.1) is 0 Å². The zero-order valence-electron chi connectivity index (χ0n) is 11.9. The van der Waals surface area contributed by atoms with Gasteiger partial charge in [0.25, 0.3) is 0 Å². The molecule has 20 heavy (non-hydrogen) atoms. The van der Waals surface area contributed by atoms with Gasteiger partial charge in [0, 0.05) is 21.8 Å². The molecule has 1 aliphatic carbocycles. The average Bonchev–Trinajstić information content (AvgIpc) is 2.96. The molecule has 0 fully saturated rings. The highest BCUT2D eigenvalue weighted by molar-refractivity contribution is 7.11. The van der Waals surface area contributed by atoms with Crippen molar-refractivity contribution in [1.29, 1.82) is 0 Å². The molecular weight excluding hydrogens is 269 g/mol. The second kappa shape index (κ2) is 5.66. The van der Waals surface area contributed by atoms with Crippen molar-refractivity contribution in [3.05, 3.63) is 57.0 Å². The Balaban J connectivity index is 1.65. The molecule has 1 aliphatic rings. The second-order valence-corrected chi connectivity index (χ2v) is 7.09. The number of aryl methyl sites for hydroxylation is 2. The molecule has 106 valence electrons. The van der Waals surface area contributed by atoms with E-state index in [-0.39, 0.29) is 5.82 Å². The number of halogens is 1. The first kappa shape index (κ1) is 13.8. The molecule has 0 amide bonds. The summed E-state index contributed by atoms with van der Waals surface area (Å²) in [5.74, 6) is -0.119. The third-order valence-electron chi connectivity index (χ3n) is 3.97. The van der Waals surface area contributed by atoms with Crippen LogP contribution < -0.4 is 5.32 Å². The molecule has 3 rings (SSSR count). The van der Waals surface area contributed by atoms with E-state index in [9.17, 15) is 4.39 Å². The van der Waals surface area contributed by atoms with Gasteiger partial charge in [0.15, 0.2) is 0 Å². The Bertz CT molecular complexity index is 605. The number of rotatable bonds is 4. The van der Waals surface area contributed by atoms with Crippen molar-refractivity contribution in [2.24, 2.45) is 0 Å². The molecule has 3 heteroatoms. The van der Waals surface area contributed by atoms with Crippen LogP contribution in [0.1, 0.15) is 40.3 Å². The molecule has 0 saturated carbocycles. The predicted molar refractivity (Wildman–Crippen MR) is 82.8 cm³/mol. The summed E-state index contributed by atoms with van der Waals surface area (Å²) in [6, 6.07) is 10.4. The maximum atomic E-state index is 13.2. The minimum absolute atomic E-state index is 0.119. The summed E-state index contributed by atoms with van der Waals surface area (Å²) in [6.07, 6.45) is 3.12. The molecule has 0 bridgehead atoms. The molecular formula is C17H20FNS. The molecule has 0 radical (unpaired) electrons. The minimum Gasteiger partial charge on any atom is -0.307 e. The van der Waals surface area contributed by atoms with Crippen LogP contribution in [0, 0.1) is 12.7 Å². The average molecular weight is 289 g/mol. The van der Waals surface area contributed by atoms with Crippen molar-refractivity contribution in [2.45, 2.75) is 45.2 Å². The van der Waals surface area contributed by atoms with Crippen LogP contribution in [0.3, 0.4) is 0 Å². The van der Waals surface area contributed by atoms with Crippen LogP contribution in [0.25, 0.3) is 0 Å². The molecule has 1 N–H and O–H groups in total. The molecule has 0 saturated heterocycles. The summed E-state index contributed by atoms with van der Waals surface area (Å²) in [4.78, 5) is 2.80. The van der Waals surface area contributed by atoms with Gasteiger partial charge in [-0.1, -0.05) is 6.07 Å². The van der Waals surface area contributed by atoms with Crippen molar-refractivity contribution >= 4 is 11.3 Å². The first-order valence-corrected chi connectivity index (χ1v) is 8.03. The van der Waals surface area contributed by atoms with Gasteiger partial charge in [0.1, 0.15) is 5.82 Å². The monoisotopic (exact) mass is 289 g/mol. The lowest BCUT2D eigenvalue weighted by Gasteiger charge is -2.20. The van der Waals surface area contributed by atoms with E-state index in [0.717, 1.165) is 19.3 Å². The van der Waals surface area contributed by atoms with E-state index in [0.29, 0.717) is 12.1 Å². The molecule has 2 unspecified atom stereocenters. The van der Waals surface area contributed by atoms with E-state index in [1.54, 1.807) is 12.1 Å². The van der Waals surface area contributed by atoms with Crippen molar-refractivity contribution < 1.29 is 4.39 Å². The number of hydrogen-bond donors (Lipinski definition) is 1. The van der Waals surface area contributed by atoms with Gasteiger partial charge in [0.2, 0.25) is 0 Å². The van der Waals surface area contributed by atoms with E-state index in [1.807, 2.05) is 17.4 Å². The number of fused-ring (bicyclic) bond motifs is 1. The van der Waals surface area contributed by atoms with E-state index in [2.05, 4.69) is 31.3 Å². The quantitative estimate of drug-likeness (QED) is 0.879. The zero-order chi connectivity index (χ0) is 14.1. The normalized spacial score (nSPS) is 19.1. The van der Waals surface area contributed by atoms with Gasteiger partial charge in [-0.25, -0.2) is 4.39 Å². The Hall–Kier alpha value is -1.19. The number of nitrogens with one attached hydrogen (secondary N) is 1. The lowest BCUT2D eigenvalue weighted by molar-refractivity contribution is 0.453. The minimum atomic E-state index is -0.119. The summed E-state index contributed by atoms with van der Waals surface area (Å²) in [7, 11) is 0. The van der Waals surface area contributed by atoms with Crippen molar-refractivity contribution in [3.8, 4) is 0 Å². The molecule has 1 aromatic heterocycles. The smallest absolute Gasteiger partial charge is 0.123 e. The van der Waals surface area contributed by atoms with Crippen LogP contribution in [0.4, 0.5) is 4.39 Å². The Morgan fingerprint density at radius 2 is 2.20 bits per heavy atom. The largest absolute Gasteiger partial charge is 0.307 e. The number of thiophene rings is 1. The van der Waals surface area contributed by atoms with E-state index in [1.165, 1.54) is 20.9 Å². The van der Waals surface area contributed by atoms with E-state index >= 15 is 0 Å². The SMILES string of the molecule is Cc1ccc(CC(C)NC2CCc3cc(F)ccc32)s1. The Morgan fingerprint density at radius 1 is 1.35 bits per heavy atom. The fraction of sp³-hybridized carbons (Fsp3) is 0.412. The lowest BCUT2D eigenvalue weighted by atomic mass is 10.1. The Labute approximate surface area is 123 Å². The Kier molecular flexibility index (Phi) is 3.90. The van der Waals surface area contributed by atoms with Crippen LogP contribution in [-0.4, -0.2) is 6.04 Å². The highest BCUT2D eigenvalue weighted by atomic mass is 32.1. The van der Waals surface area contributed by atoms with Crippen molar-refractivity contribution in [2.75, 3.05) is 0 Å². The van der Waals surface area contributed by atoms with Crippen molar-refractivity contribution in [1.82, 2.24) is 5.32 Å². The zero-order valence-corrected chi connectivity index (χ0v) is 12.8. The molecule has 0 aliphatic heterocycles. The molecule has 0 spiro atoms. The lowest BCUT2D eigenvalue weighted by Crippen LogP contribution is -2.30. The highest BCUT2D eigenvalue weighted by Crippen LogP contribution is 2.32. The summed E-state index contributed by atoms with van der Waals surface area (Å²) < 4.78 is 13.2. The highest BCUT2D eigenvalue weighted by Gasteiger charge is 2.23. The van der Waals surface area contributed by atoms with Crippen LogP contribution in [0.15, 0.2) is 30.3 Å². The van der Waals surface area contributed by atoms with Crippen LogP contribution in [0.5, 0.6) is 0 Å². The van der Waals surface area contributed by atoms with Gasteiger partial charge >= 0.3 is 0 Å². The van der Waals surface area contributed by atoms with Gasteiger partial charge in [-0.3, -0.25) is 0 Å². The third-order valence-corrected chi connectivity index (χ3v) is 4.99. The Morgan fingerprint density at radius 3 is 2.95 bits per heavy atom. The predicted octanol–water partition coefficient (Wildman–Crippen LogP) is 4.40. The van der Waals surface area contributed by atoms with Gasteiger partial charge in [-0.05, 0) is 68.5 Å². The fourth-order valence-corrected chi connectivity index (χ4v) is 4.08. The van der Waals surface area contributed by atoms with Crippen LogP contribution >= 0.6 is 11.3 Å². The molecule has 1 aromatic carbocycles.